The number of anilines is 1. The molecule has 2 unspecified atom stereocenters. The molecule has 24 heavy (non-hydrogen) atoms. The van der Waals surface area contributed by atoms with Crippen LogP contribution in [0.4, 0.5) is 10.2 Å². The van der Waals surface area contributed by atoms with Gasteiger partial charge in [-0.15, -0.1) is 0 Å². The number of nitrogens with zero attached hydrogens (tertiary/aromatic N) is 2. The maximum absolute atomic E-state index is 13.1. The molecule has 0 radical (unpaired) electrons. The zero-order chi connectivity index (χ0) is 17.7. The summed E-state index contributed by atoms with van der Waals surface area (Å²) >= 11 is 10.8. The molecule has 1 heterocycles. The summed E-state index contributed by atoms with van der Waals surface area (Å²) < 4.78 is 13.1. The van der Waals surface area contributed by atoms with Gasteiger partial charge in [0.15, 0.2) is 4.84 Å². The van der Waals surface area contributed by atoms with Gasteiger partial charge in [-0.05, 0) is 11.1 Å². The minimum atomic E-state index is -1.34. The number of nitrogens with one attached hydrogen (secondary N) is 1. The van der Waals surface area contributed by atoms with Crippen molar-refractivity contribution in [1.29, 1.82) is 0 Å². The third-order valence-electron chi connectivity index (χ3n) is 3.38. The molecular formula is C15H15Cl2FN4O2. The Morgan fingerprint density at radius 3 is 2.54 bits per heavy atom. The quantitative estimate of drug-likeness (QED) is 0.673. The first-order valence-electron chi connectivity index (χ1n) is 6.92. The van der Waals surface area contributed by atoms with E-state index in [2.05, 4.69) is 15.3 Å². The summed E-state index contributed by atoms with van der Waals surface area (Å²) in [7, 11) is 0. The number of aromatic nitrogens is 2. The van der Waals surface area contributed by atoms with Gasteiger partial charge in [0.1, 0.15) is 24.9 Å². The van der Waals surface area contributed by atoms with E-state index in [1.54, 1.807) is 30.5 Å². The Bertz CT molecular complexity index is 700. The van der Waals surface area contributed by atoms with Crippen molar-refractivity contribution in [2.24, 2.45) is 0 Å². The fraction of sp³-hybridized carbons (Fsp3) is 0.267. The highest BCUT2D eigenvalue weighted by molar-refractivity contribution is 6.53. The minimum Gasteiger partial charge on any atom is -0.386 e. The lowest BCUT2D eigenvalue weighted by Crippen LogP contribution is -2.43. The molecule has 1 amide bonds. The second-order valence-corrected chi connectivity index (χ2v) is 6.05. The lowest BCUT2D eigenvalue weighted by atomic mass is 9.99. The summed E-state index contributed by atoms with van der Waals surface area (Å²) in [5.74, 6) is -0.451. The smallest absolute Gasteiger partial charge is 0.253 e. The number of rotatable bonds is 6. The number of benzene rings is 1. The van der Waals surface area contributed by atoms with Crippen LogP contribution in [0.15, 0.2) is 36.8 Å². The molecule has 128 valence electrons. The van der Waals surface area contributed by atoms with Crippen LogP contribution in [0.5, 0.6) is 0 Å². The average Bonchev–Trinajstić information content (AvgIpc) is 2.59. The maximum atomic E-state index is 13.1. The Hall–Kier alpha value is -1.96. The van der Waals surface area contributed by atoms with Crippen molar-refractivity contribution in [1.82, 2.24) is 15.3 Å². The van der Waals surface area contributed by atoms with E-state index in [-0.39, 0.29) is 0 Å². The van der Waals surface area contributed by atoms with Gasteiger partial charge in [-0.2, -0.15) is 0 Å². The van der Waals surface area contributed by atoms with Crippen molar-refractivity contribution in [2.75, 3.05) is 12.4 Å². The third-order valence-corrected chi connectivity index (χ3v) is 3.78. The van der Waals surface area contributed by atoms with Gasteiger partial charge in [0.2, 0.25) is 0 Å². The van der Waals surface area contributed by atoms with Crippen molar-refractivity contribution < 1.29 is 14.3 Å². The molecule has 0 spiro atoms. The van der Waals surface area contributed by atoms with E-state index < -0.39 is 29.6 Å². The van der Waals surface area contributed by atoms with Gasteiger partial charge < -0.3 is 16.2 Å². The number of carbonyl (C=O) groups excluding carboxylic acids is 1. The number of alkyl halides is 3. The van der Waals surface area contributed by atoms with Gasteiger partial charge in [0, 0.05) is 11.8 Å². The number of halogens is 3. The first kappa shape index (κ1) is 18.4. The molecule has 0 aliphatic rings. The molecule has 4 N–H and O–H groups in total. The molecule has 6 nitrogen and oxygen atoms in total. The maximum Gasteiger partial charge on any atom is 0.253 e. The topological polar surface area (TPSA) is 101 Å². The summed E-state index contributed by atoms with van der Waals surface area (Å²) in [4.78, 5) is 17.9. The summed E-state index contributed by atoms with van der Waals surface area (Å²) in [5, 5.41) is 12.5. The summed E-state index contributed by atoms with van der Waals surface area (Å²) in [6.07, 6.45) is 1.65. The van der Waals surface area contributed by atoms with E-state index in [0.717, 1.165) is 5.56 Å². The van der Waals surface area contributed by atoms with Crippen molar-refractivity contribution in [3.63, 3.8) is 0 Å². The van der Waals surface area contributed by atoms with Gasteiger partial charge in [-0.1, -0.05) is 47.5 Å². The predicted octanol–water partition coefficient (Wildman–Crippen LogP) is 2.02. The van der Waals surface area contributed by atoms with E-state index in [1.807, 2.05) is 0 Å². The number of nitrogens with two attached hydrogens (primary N) is 1. The van der Waals surface area contributed by atoms with Crippen LogP contribution in [-0.4, -0.2) is 38.5 Å². The van der Waals surface area contributed by atoms with Crippen molar-refractivity contribution in [2.45, 2.75) is 17.0 Å². The van der Waals surface area contributed by atoms with E-state index >= 15 is 0 Å². The van der Waals surface area contributed by atoms with Gasteiger partial charge in [0.25, 0.3) is 5.91 Å². The lowest BCUT2D eigenvalue weighted by Gasteiger charge is -2.22. The van der Waals surface area contributed by atoms with Crippen LogP contribution < -0.4 is 11.1 Å². The summed E-state index contributed by atoms with van der Waals surface area (Å²) in [6.45, 7) is -0.978. The van der Waals surface area contributed by atoms with E-state index in [4.69, 9.17) is 28.9 Å². The van der Waals surface area contributed by atoms with Crippen LogP contribution >= 0.6 is 23.2 Å². The fourth-order valence-electron chi connectivity index (χ4n) is 2.10. The molecule has 0 bridgehead atoms. The van der Waals surface area contributed by atoms with Crippen LogP contribution in [0, 0.1) is 0 Å². The number of amides is 1. The number of hydrogen-bond acceptors (Lipinski definition) is 5. The Balaban J connectivity index is 2.17. The Morgan fingerprint density at radius 2 is 2.00 bits per heavy atom. The molecule has 2 atom stereocenters. The first-order valence-corrected chi connectivity index (χ1v) is 7.79. The molecule has 1 aromatic carbocycles. The molecule has 0 fully saturated rings. The Kier molecular flexibility index (Phi) is 6.30. The number of carbonyl (C=O) groups is 1. The van der Waals surface area contributed by atoms with Crippen LogP contribution in [0.3, 0.4) is 0 Å². The second-order valence-electron chi connectivity index (χ2n) is 4.96. The standard InChI is InChI=1S/C15H15Cl2FN4O2/c16-13(17)15(24)22-11(5-18)12(23)9-3-1-8(2-4-9)10-6-20-7-21-14(10)19/h1-4,6-7,11-13,23H,5H2,(H,22,24)(H2,19,20,21). The lowest BCUT2D eigenvalue weighted by molar-refractivity contribution is -0.121. The summed E-state index contributed by atoms with van der Waals surface area (Å²) in [6, 6.07) is 5.42. The Labute approximate surface area is 147 Å². The molecule has 0 aliphatic heterocycles. The van der Waals surface area contributed by atoms with Gasteiger partial charge in [-0.3, -0.25) is 4.79 Å². The van der Waals surface area contributed by atoms with Gasteiger partial charge >= 0.3 is 0 Å². The molecule has 2 aromatic rings. The largest absolute Gasteiger partial charge is 0.386 e. The highest BCUT2D eigenvalue weighted by Crippen LogP contribution is 2.26. The number of nitrogen functional groups attached to an aromatic ring is 1. The summed E-state index contributed by atoms with van der Waals surface area (Å²) in [5.41, 5.74) is 7.58. The average molecular weight is 373 g/mol. The zero-order valence-electron chi connectivity index (χ0n) is 12.4. The molecule has 1 aromatic heterocycles. The van der Waals surface area contributed by atoms with Gasteiger partial charge in [0.05, 0.1) is 6.04 Å². The number of aliphatic hydroxyl groups excluding tert-OH is 1. The highest BCUT2D eigenvalue weighted by atomic mass is 35.5. The Morgan fingerprint density at radius 1 is 1.33 bits per heavy atom. The molecule has 0 saturated heterocycles. The monoisotopic (exact) mass is 372 g/mol. The van der Waals surface area contributed by atoms with Crippen molar-refractivity contribution in [3.8, 4) is 11.1 Å². The van der Waals surface area contributed by atoms with Crippen LogP contribution in [-0.2, 0) is 4.79 Å². The minimum absolute atomic E-state index is 0.322. The predicted molar refractivity (Wildman–Crippen MR) is 90.2 cm³/mol. The fourth-order valence-corrected chi connectivity index (χ4v) is 2.23. The second kappa shape index (κ2) is 8.23. The first-order chi connectivity index (χ1) is 11.4. The number of aliphatic hydroxyl groups is 1. The van der Waals surface area contributed by atoms with Crippen LogP contribution in [0.2, 0.25) is 0 Å². The molecular weight excluding hydrogens is 358 g/mol. The van der Waals surface area contributed by atoms with Crippen LogP contribution in [0.1, 0.15) is 11.7 Å². The third kappa shape index (κ3) is 4.31. The molecule has 9 heteroatoms. The van der Waals surface area contributed by atoms with Crippen LogP contribution in [0.25, 0.3) is 11.1 Å². The normalized spacial score (nSPS) is 13.5. The number of hydrogen-bond donors (Lipinski definition) is 3. The molecule has 0 saturated carbocycles. The molecule has 0 aliphatic carbocycles. The van der Waals surface area contributed by atoms with Crippen molar-refractivity contribution in [3.05, 3.63) is 42.4 Å². The van der Waals surface area contributed by atoms with E-state index in [0.29, 0.717) is 16.9 Å². The zero-order valence-corrected chi connectivity index (χ0v) is 13.9. The van der Waals surface area contributed by atoms with E-state index in [1.165, 1.54) is 6.33 Å². The SMILES string of the molecule is Nc1ncncc1-c1ccc(C(O)C(CF)NC(=O)C(Cl)Cl)cc1. The highest BCUT2D eigenvalue weighted by Gasteiger charge is 2.25. The van der Waals surface area contributed by atoms with E-state index in [9.17, 15) is 14.3 Å². The molecule has 2 rings (SSSR count). The van der Waals surface area contributed by atoms with Gasteiger partial charge in [-0.25, -0.2) is 14.4 Å². The van der Waals surface area contributed by atoms with Crippen molar-refractivity contribution >= 4 is 34.9 Å².